The van der Waals surface area contributed by atoms with E-state index >= 15 is 0 Å². The van der Waals surface area contributed by atoms with Crippen LogP contribution in [0.4, 0.5) is 5.69 Å². The Morgan fingerprint density at radius 1 is 1.10 bits per heavy atom. The van der Waals surface area contributed by atoms with Crippen molar-refractivity contribution in [2.24, 2.45) is 16.6 Å². The summed E-state index contributed by atoms with van der Waals surface area (Å²) in [7, 11) is 2.14. The summed E-state index contributed by atoms with van der Waals surface area (Å²) in [5.41, 5.74) is 11.7. The largest absolute Gasteiger partial charge is 0.458 e. The minimum Gasteiger partial charge on any atom is -0.458 e. The number of dihydropyridines is 1. The Morgan fingerprint density at radius 3 is 2.67 bits per heavy atom. The molecule has 212 valence electrons. The number of benzene rings is 2. The van der Waals surface area contributed by atoms with Gasteiger partial charge in [0.2, 0.25) is 5.91 Å². The predicted molar refractivity (Wildman–Crippen MR) is 163 cm³/mol. The molecule has 7 heteroatoms. The van der Waals surface area contributed by atoms with E-state index in [4.69, 9.17) is 15.5 Å². The second-order valence-electron chi connectivity index (χ2n) is 12.4. The van der Waals surface area contributed by atoms with Crippen molar-refractivity contribution in [1.82, 2.24) is 10.2 Å². The molecule has 4 N–H and O–H groups in total. The van der Waals surface area contributed by atoms with Crippen molar-refractivity contribution in [2.45, 2.75) is 64.3 Å². The number of fused-ring (bicyclic) bond motifs is 1. The smallest absolute Gasteiger partial charge is 0.227 e. The number of allylic oxidation sites excluding steroid dienone is 1. The first-order valence-corrected chi connectivity index (χ1v) is 14.5. The van der Waals surface area contributed by atoms with E-state index in [9.17, 15) is 4.79 Å². The minimum atomic E-state index is -0.0683. The van der Waals surface area contributed by atoms with Crippen LogP contribution in [-0.2, 0) is 23.1 Å². The molecule has 3 aliphatic rings. The molecule has 0 radical (unpaired) electrons. The topological polar surface area (TPSA) is 92.0 Å². The lowest BCUT2D eigenvalue weighted by molar-refractivity contribution is -0.120. The van der Waals surface area contributed by atoms with E-state index in [0.717, 1.165) is 61.7 Å². The molecule has 2 aromatic rings. The Bertz CT molecular complexity index is 1330. The monoisotopic (exact) mass is 541 g/mol. The zero-order chi connectivity index (χ0) is 28.3. The second kappa shape index (κ2) is 11.9. The van der Waals surface area contributed by atoms with Gasteiger partial charge in [0.1, 0.15) is 17.3 Å². The molecule has 0 saturated carbocycles. The number of aliphatic imine (C=N–C) groups is 1. The van der Waals surface area contributed by atoms with E-state index < -0.39 is 0 Å². The number of piperidine rings is 1. The molecular formula is C33H43N5O2. The van der Waals surface area contributed by atoms with Crippen LogP contribution < -0.4 is 21.1 Å². The van der Waals surface area contributed by atoms with Crippen LogP contribution in [0.1, 0.15) is 56.7 Å². The molecule has 2 aliphatic heterocycles. The van der Waals surface area contributed by atoms with Crippen LogP contribution >= 0.6 is 0 Å². The molecule has 1 atom stereocenters. The number of hydrogen-bond acceptors (Lipinski definition) is 5. The summed E-state index contributed by atoms with van der Waals surface area (Å²) in [6, 6.07) is 14.7. The minimum absolute atomic E-state index is 0.0336. The number of amidine groups is 1. The van der Waals surface area contributed by atoms with Gasteiger partial charge in [-0.1, -0.05) is 39.0 Å². The van der Waals surface area contributed by atoms with Gasteiger partial charge in [-0.25, -0.2) is 0 Å². The molecule has 1 aliphatic carbocycles. The molecule has 1 unspecified atom stereocenters. The fraction of sp³-hybridized carbons (Fsp3) is 0.455. The zero-order valence-corrected chi connectivity index (χ0v) is 24.3. The molecule has 2 heterocycles. The number of carbonyl (C=O) groups is 1. The SMILES string of the molecule is CN1CCC(N=C(N)C2=CC(Oc3ccc4c(c3)CC(C(=O)Nc3cccc(C(C)(C)C)c3)CC4)=CCN2)CC1. The third-order valence-corrected chi connectivity index (χ3v) is 8.18. The van der Waals surface area contributed by atoms with E-state index in [1.54, 1.807) is 0 Å². The van der Waals surface area contributed by atoms with Gasteiger partial charge in [-0.2, -0.15) is 0 Å². The van der Waals surface area contributed by atoms with Crippen molar-refractivity contribution in [3.8, 4) is 5.75 Å². The Kier molecular flexibility index (Phi) is 8.31. The van der Waals surface area contributed by atoms with Crippen molar-refractivity contribution in [2.75, 3.05) is 32.0 Å². The highest BCUT2D eigenvalue weighted by Gasteiger charge is 2.26. The highest BCUT2D eigenvalue weighted by atomic mass is 16.5. The Hall–Kier alpha value is -3.58. The summed E-state index contributed by atoms with van der Waals surface area (Å²) >= 11 is 0. The van der Waals surface area contributed by atoms with Crippen molar-refractivity contribution in [3.63, 3.8) is 0 Å². The van der Waals surface area contributed by atoms with Gasteiger partial charge >= 0.3 is 0 Å². The lowest BCUT2D eigenvalue weighted by Gasteiger charge is -2.27. The van der Waals surface area contributed by atoms with E-state index in [-0.39, 0.29) is 23.3 Å². The van der Waals surface area contributed by atoms with Gasteiger partial charge in [0.25, 0.3) is 0 Å². The van der Waals surface area contributed by atoms with Gasteiger partial charge in [-0.15, -0.1) is 0 Å². The number of carbonyl (C=O) groups excluding carboxylic acids is 1. The van der Waals surface area contributed by atoms with E-state index in [1.807, 2.05) is 30.4 Å². The number of nitrogens with one attached hydrogen (secondary N) is 2. The molecule has 2 aromatic carbocycles. The van der Waals surface area contributed by atoms with Crippen LogP contribution in [-0.4, -0.2) is 49.4 Å². The maximum absolute atomic E-state index is 13.2. The first-order valence-electron chi connectivity index (χ1n) is 14.5. The highest BCUT2D eigenvalue weighted by Crippen LogP contribution is 2.31. The molecule has 40 heavy (non-hydrogen) atoms. The van der Waals surface area contributed by atoms with Crippen LogP contribution in [0, 0.1) is 5.92 Å². The first-order chi connectivity index (χ1) is 19.1. The Balaban J connectivity index is 1.22. The second-order valence-corrected chi connectivity index (χ2v) is 12.4. The quantitative estimate of drug-likeness (QED) is 0.356. The van der Waals surface area contributed by atoms with Gasteiger partial charge in [-0.3, -0.25) is 9.79 Å². The maximum Gasteiger partial charge on any atom is 0.227 e. The maximum atomic E-state index is 13.2. The van der Waals surface area contributed by atoms with Crippen LogP contribution in [0.2, 0.25) is 0 Å². The van der Waals surface area contributed by atoms with Gasteiger partial charge in [0.15, 0.2) is 0 Å². The van der Waals surface area contributed by atoms with Crippen molar-refractivity contribution >= 4 is 17.4 Å². The molecule has 1 saturated heterocycles. The Morgan fingerprint density at radius 2 is 1.90 bits per heavy atom. The average molecular weight is 542 g/mol. The number of nitrogens with two attached hydrogens (primary N) is 1. The third-order valence-electron chi connectivity index (χ3n) is 8.18. The normalized spacial score (nSPS) is 20.6. The number of ether oxygens (including phenoxy) is 1. The highest BCUT2D eigenvalue weighted by molar-refractivity contribution is 5.97. The lowest BCUT2D eigenvalue weighted by atomic mass is 9.83. The number of aryl methyl sites for hydroxylation is 1. The number of likely N-dealkylation sites (tertiary alicyclic amines) is 1. The summed E-state index contributed by atoms with van der Waals surface area (Å²) in [4.78, 5) is 20.3. The number of anilines is 1. The molecule has 1 fully saturated rings. The molecule has 5 rings (SSSR count). The zero-order valence-electron chi connectivity index (χ0n) is 24.3. The van der Waals surface area contributed by atoms with E-state index in [0.29, 0.717) is 18.8 Å². The summed E-state index contributed by atoms with van der Waals surface area (Å²) in [5, 5.41) is 6.49. The summed E-state index contributed by atoms with van der Waals surface area (Å²) in [6.07, 6.45) is 8.43. The lowest BCUT2D eigenvalue weighted by Crippen LogP contribution is -2.35. The van der Waals surface area contributed by atoms with E-state index in [1.165, 1.54) is 16.7 Å². The molecule has 0 aromatic heterocycles. The number of nitrogens with zero attached hydrogens (tertiary/aromatic N) is 2. The molecule has 7 nitrogen and oxygen atoms in total. The van der Waals surface area contributed by atoms with Crippen molar-refractivity contribution in [3.05, 3.63) is 82.8 Å². The number of hydrogen-bond donors (Lipinski definition) is 3. The predicted octanol–water partition coefficient (Wildman–Crippen LogP) is 4.93. The Labute approximate surface area is 238 Å². The van der Waals surface area contributed by atoms with Gasteiger partial charge < -0.3 is 26.0 Å². The third kappa shape index (κ3) is 6.94. The molecule has 1 amide bonds. The number of amides is 1. The average Bonchev–Trinajstić information content (AvgIpc) is 2.93. The van der Waals surface area contributed by atoms with Crippen LogP contribution in [0.3, 0.4) is 0 Å². The fourth-order valence-corrected chi connectivity index (χ4v) is 5.60. The van der Waals surface area contributed by atoms with Crippen LogP contribution in [0.25, 0.3) is 0 Å². The van der Waals surface area contributed by atoms with E-state index in [2.05, 4.69) is 67.6 Å². The van der Waals surface area contributed by atoms with Crippen molar-refractivity contribution in [1.29, 1.82) is 0 Å². The summed E-state index contributed by atoms with van der Waals surface area (Å²) in [6.45, 7) is 9.28. The molecular weight excluding hydrogens is 498 g/mol. The van der Waals surface area contributed by atoms with Crippen LogP contribution in [0.15, 0.2) is 71.1 Å². The molecule has 0 bridgehead atoms. The fourth-order valence-electron chi connectivity index (χ4n) is 5.60. The summed E-state index contributed by atoms with van der Waals surface area (Å²) < 4.78 is 6.27. The summed E-state index contributed by atoms with van der Waals surface area (Å²) in [5.74, 6) is 2.07. The van der Waals surface area contributed by atoms with Crippen LogP contribution in [0.5, 0.6) is 5.75 Å². The van der Waals surface area contributed by atoms with Gasteiger partial charge in [0.05, 0.1) is 11.7 Å². The first kappa shape index (κ1) is 28.0. The number of rotatable bonds is 6. The van der Waals surface area contributed by atoms with Crippen molar-refractivity contribution < 1.29 is 9.53 Å². The van der Waals surface area contributed by atoms with Gasteiger partial charge in [0, 0.05) is 24.2 Å². The van der Waals surface area contributed by atoms with Gasteiger partial charge in [-0.05, 0) is 105 Å². The molecule has 0 spiro atoms. The standard InChI is InChI=1S/C33H43N5O2/c1-33(2,3)25-6-5-7-27(20-25)37-32(39)23-9-8-22-10-11-28(19-24(22)18-23)40-29-12-15-35-30(21-29)31(34)36-26-13-16-38(4)17-14-26/h5-7,10-12,19-21,23,26,35H,8-9,13-18H2,1-4H3,(H2,34,36)(H,37,39).